The number of halogens is 2. The number of fused-ring (bicyclic) bond motifs is 1. The normalized spacial score (nSPS) is 21.3. The Labute approximate surface area is 111 Å². The second kappa shape index (κ2) is 4.84. The molecule has 19 heavy (non-hydrogen) atoms. The lowest BCUT2D eigenvalue weighted by atomic mass is 10.0. The Morgan fingerprint density at radius 1 is 1.53 bits per heavy atom. The van der Waals surface area contributed by atoms with Gasteiger partial charge in [-0.15, -0.1) is 11.3 Å². The summed E-state index contributed by atoms with van der Waals surface area (Å²) < 4.78 is 27.8. The molecule has 0 radical (unpaired) electrons. The van der Waals surface area contributed by atoms with Gasteiger partial charge in [0, 0.05) is 18.2 Å². The number of aromatic nitrogens is 1. The van der Waals surface area contributed by atoms with E-state index in [1.807, 2.05) is 0 Å². The molecule has 0 bridgehead atoms. The van der Waals surface area contributed by atoms with Gasteiger partial charge in [-0.2, -0.15) is 8.78 Å². The molecule has 104 valence electrons. The number of carboxylic acid groups (broad SMARTS) is 1. The number of aliphatic carboxylic acids is 1. The molecule has 1 aliphatic carbocycles. The number of carbonyl (C=O) groups excluding carboxylic acids is 1. The van der Waals surface area contributed by atoms with Crippen LogP contribution >= 0.6 is 11.3 Å². The quantitative estimate of drug-likeness (QED) is 0.819. The summed E-state index contributed by atoms with van der Waals surface area (Å²) in [6.07, 6.45) is -0.599. The first kappa shape index (κ1) is 13.9. The molecule has 1 unspecified atom stereocenters. The molecule has 1 amide bonds. The van der Waals surface area contributed by atoms with Gasteiger partial charge in [-0.25, -0.2) is 4.98 Å². The predicted octanol–water partition coefficient (Wildman–Crippen LogP) is 2.23. The molecule has 1 heterocycles. The van der Waals surface area contributed by atoms with E-state index in [1.165, 1.54) is 6.92 Å². The number of carbonyl (C=O) groups is 2. The molecule has 0 aliphatic heterocycles. The number of anilines is 1. The summed E-state index contributed by atoms with van der Waals surface area (Å²) in [5, 5.41) is 11.4. The Kier molecular flexibility index (Phi) is 3.53. The topological polar surface area (TPSA) is 79.3 Å². The van der Waals surface area contributed by atoms with Gasteiger partial charge in [0.05, 0.1) is 5.92 Å². The van der Waals surface area contributed by atoms with Crippen LogP contribution in [0.5, 0.6) is 0 Å². The van der Waals surface area contributed by atoms with Gasteiger partial charge in [0.15, 0.2) is 5.13 Å². The molecule has 0 spiro atoms. The first-order valence-electron chi connectivity index (χ1n) is 5.68. The maximum Gasteiger partial charge on any atom is 0.306 e. The Morgan fingerprint density at radius 2 is 2.21 bits per heavy atom. The van der Waals surface area contributed by atoms with E-state index in [4.69, 9.17) is 5.11 Å². The smallest absolute Gasteiger partial charge is 0.306 e. The van der Waals surface area contributed by atoms with Crippen molar-refractivity contribution in [2.24, 2.45) is 5.92 Å². The second-order valence-corrected chi connectivity index (χ2v) is 5.54. The van der Waals surface area contributed by atoms with Gasteiger partial charge in [-0.05, 0) is 12.8 Å². The van der Waals surface area contributed by atoms with Crippen LogP contribution in [0.1, 0.15) is 30.3 Å². The highest BCUT2D eigenvalue weighted by Gasteiger charge is 2.42. The number of rotatable bonds is 2. The van der Waals surface area contributed by atoms with Gasteiger partial charge in [0.25, 0.3) is 5.92 Å². The van der Waals surface area contributed by atoms with Crippen LogP contribution in [0.2, 0.25) is 0 Å². The first-order chi connectivity index (χ1) is 8.79. The predicted molar refractivity (Wildman–Crippen MR) is 64.4 cm³/mol. The minimum atomic E-state index is -3.15. The van der Waals surface area contributed by atoms with Crippen LogP contribution in [0.3, 0.4) is 0 Å². The van der Waals surface area contributed by atoms with Crippen molar-refractivity contribution in [1.29, 1.82) is 0 Å². The first-order valence-corrected chi connectivity index (χ1v) is 6.49. The van der Waals surface area contributed by atoms with E-state index in [9.17, 15) is 18.4 Å². The van der Waals surface area contributed by atoms with Gasteiger partial charge in [-0.3, -0.25) is 9.59 Å². The van der Waals surface area contributed by atoms with Crippen LogP contribution in [-0.4, -0.2) is 22.0 Å². The SMILES string of the molecule is CC(=O)Nc1nc2c(s1)CC(C(=O)O)CCC2(F)F. The number of hydrogen-bond donors (Lipinski definition) is 2. The van der Waals surface area contributed by atoms with Crippen molar-refractivity contribution in [3.63, 3.8) is 0 Å². The minimum absolute atomic E-state index is 0.0253. The van der Waals surface area contributed by atoms with Crippen molar-refractivity contribution in [3.05, 3.63) is 10.6 Å². The monoisotopic (exact) mass is 290 g/mol. The third-order valence-corrected chi connectivity index (χ3v) is 3.91. The number of nitrogens with one attached hydrogen (secondary N) is 1. The van der Waals surface area contributed by atoms with E-state index in [2.05, 4.69) is 10.3 Å². The van der Waals surface area contributed by atoms with E-state index >= 15 is 0 Å². The molecular formula is C11H12F2N2O3S. The molecule has 1 aliphatic rings. The Balaban J connectivity index is 2.37. The highest BCUT2D eigenvalue weighted by atomic mass is 32.1. The number of thiazole rings is 1. The Bertz CT molecular complexity index is 530. The minimum Gasteiger partial charge on any atom is -0.481 e. The van der Waals surface area contributed by atoms with E-state index in [0.717, 1.165) is 11.3 Å². The lowest BCUT2D eigenvalue weighted by molar-refractivity contribution is -0.142. The molecule has 0 fully saturated rings. The van der Waals surface area contributed by atoms with Crippen molar-refractivity contribution < 1.29 is 23.5 Å². The van der Waals surface area contributed by atoms with Crippen LogP contribution in [0.15, 0.2) is 0 Å². The summed E-state index contributed by atoms with van der Waals surface area (Å²) in [6.45, 7) is 1.25. The van der Waals surface area contributed by atoms with Crippen molar-refractivity contribution in [2.75, 3.05) is 5.32 Å². The highest BCUT2D eigenvalue weighted by Crippen LogP contribution is 2.43. The third kappa shape index (κ3) is 2.89. The number of hydrogen-bond acceptors (Lipinski definition) is 4. The summed E-state index contributed by atoms with van der Waals surface area (Å²) in [6, 6.07) is 0. The lowest BCUT2D eigenvalue weighted by Crippen LogP contribution is -2.17. The van der Waals surface area contributed by atoms with Crippen LogP contribution in [-0.2, 0) is 21.9 Å². The van der Waals surface area contributed by atoms with E-state index < -0.39 is 35.8 Å². The van der Waals surface area contributed by atoms with E-state index in [1.54, 1.807) is 0 Å². The highest BCUT2D eigenvalue weighted by molar-refractivity contribution is 7.15. The van der Waals surface area contributed by atoms with Crippen LogP contribution in [0.25, 0.3) is 0 Å². The maximum atomic E-state index is 13.9. The number of carboxylic acids is 1. The van der Waals surface area contributed by atoms with Crippen molar-refractivity contribution in [3.8, 4) is 0 Å². The molecule has 2 N–H and O–H groups in total. The second-order valence-electron chi connectivity index (χ2n) is 4.45. The molecule has 0 saturated heterocycles. The largest absolute Gasteiger partial charge is 0.481 e. The summed E-state index contributed by atoms with van der Waals surface area (Å²) in [5.41, 5.74) is -0.398. The summed E-state index contributed by atoms with van der Waals surface area (Å²) in [4.78, 5) is 25.9. The zero-order valence-electron chi connectivity index (χ0n) is 10.1. The van der Waals surface area contributed by atoms with Crippen molar-refractivity contribution in [1.82, 2.24) is 4.98 Å². The maximum absolute atomic E-state index is 13.9. The molecule has 1 aromatic heterocycles. The summed E-state index contributed by atoms with van der Waals surface area (Å²) >= 11 is 0.914. The molecular weight excluding hydrogens is 278 g/mol. The molecule has 0 aromatic carbocycles. The lowest BCUT2D eigenvalue weighted by Gasteiger charge is -2.12. The third-order valence-electron chi connectivity index (χ3n) is 2.91. The molecule has 8 heteroatoms. The zero-order chi connectivity index (χ0) is 14.2. The number of alkyl halides is 2. The fraction of sp³-hybridized carbons (Fsp3) is 0.545. The molecule has 2 rings (SSSR count). The number of nitrogens with zero attached hydrogens (tertiary/aromatic N) is 1. The Hall–Kier alpha value is -1.57. The number of amides is 1. The van der Waals surface area contributed by atoms with Crippen molar-refractivity contribution >= 4 is 28.3 Å². The van der Waals surface area contributed by atoms with Gasteiger partial charge in [0.2, 0.25) is 5.91 Å². The molecule has 1 atom stereocenters. The fourth-order valence-corrected chi connectivity index (χ4v) is 3.13. The summed E-state index contributed by atoms with van der Waals surface area (Å²) in [7, 11) is 0. The van der Waals surface area contributed by atoms with Crippen molar-refractivity contribution in [2.45, 2.75) is 32.1 Å². The zero-order valence-corrected chi connectivity index (χ0v) is 10.9. The van der Waals surface area contributed by atoms with E-state index in [-0.39, 0.29) is 22.9 Å². The average molecular weight is 290 g/mol. The van der Waals surface area contributed by atoms with Crippen LogP contribution < -0.4 is 5.32 Å². The fourth-order valence-electron chi connectivity index (χ4n) is 1.99. The molecule has 1 aromatic rings. The van der Waals surface area contributed by atoms with Crippen LogP contribution in [0, 0.1) is 5.92 Å². The van der Waals surface area contributed by atoms with Gasteiger partial charge < -0.3 is 10.4 Å². The van der Waals surface area contributed by atoms with Gasteiger partial charge >= 0.3 is 5.97 Å². The Morgan fingerprint density at radius 3 is 2.79 bits per heavy atom. The van der Waals surface area contributed by atoms with Gasteiger partial charge in [0.1, 0.15) is 5.69 Å². The standard InChI is InChI=1S/C11H12F2N2O3S/c1-5(16)14-10-15-8-7(19-10)4-6(9(17)18)2-3-11(8,12)13/h6H,2-4H2,1H3,(H,17,18)(H,14,15,16). The van der Waals surface area contributed by atoms with Crippen LogP contribution in [0.4, 0.5) is 13.9 Å². The summed E-state index contributed by atoms with van der Waals surface area (Å²) in [5.74, 6) is -5.47. The molecule has 0 saturated carbocycles. The van der Waals surface area contributed by atoms with Gasteiger partial charge in [-0.1, -0.05) is 0 Å². The van der Waals surface area contributed by atoms with E-state index in [0.29, 0.717) is 0 Å². The average Bonchev–Trinajstić information content (AvgIpc) is 2.61. The molecule has 5 nitrogen and oxygen atoms in total.